The van der Waals surface area contributed by atoms with Crippen LogP contribution >= 0.6 is 0 Å². The Morgan fingerprint density at radius 3 is 1.11 bits per heavy atom. The first-order valence-electron chi connectivity index (χ1n) is 7.77. The van der Waals surface area contributed by atoms with Crippen molar-refractivity contribution in [3.8, 4) is 0 Å². The van der Waals surface area contributed by atoms with E-state index in [-0.39, 0.29) is 97.5 Å². The number of benzene rings is 2. The van der Waals surface area contributed by atoms with E-state index >= 15 is 0 Å². The van der Waals surface area contributed by atoms with Gasteiger partial charge in [-0.3, -0.25) is 9.59 Å². The van der Waals surface area contributed by atoms with E-state index in [1.165, 1.54) is 12.1 Å². The smallest absolute Gasteiger partial charge is 1.00 e. The van der Waals surface area contributed by atoms with E-state index in [9.17, 15) is 45.7 Å². The Bertz CT molecular complexity index is 1180. The quantitative estimate of drug-likeness (QED) is 0.179. The topological polar surface area (TPSA) is 240 Å². The molecule has 2 aromatic carbocycles. The Labute approximate surface area is 277 Å². The maximum Gasteiger partial charge on any atom is 1.00 e. The number of aliphatic hydroxyl groups is 2. The van der Waals surface area contributed by atoms with Crippen molar-refractivity contribution in [3.05, 3.63) is 70.8 Å². The molecule has 0 amide bonds. The molecule has 2 aromatic rings. The molecule has 0 saturated carbocycles. The molecule has 0 saturated heterocycles. The molecule has 0 aliphatic carbocycles. The van der Waals surface area contributed by atoms with E-state index in [4.69, 9.17) is 12.6 Å². The van der Waals surface area contributed by atoms with Crippen LogP contribution in [-0.4, -0.2) is 61.4 Å². The molecule has 36 heavy (non-hydrogen) atoms. The number of hydrogen-bond donors (Lipinski definition) is 2. The van der Waals surface area contributed by atoms with Gasteiger partial charge in [0, 0.05) is 22.3 Å². The van der Waals surface area contributed by atoms with Crippen molar-refractivity contribution in [2.24, 2.45) is 0 Å². The summed E-state index contributed by atoms with van der Waals surface area (Å²) in [7, 11) is -13.4. The van der Waals surface area contributed by atoms with E-state index in [2.05, 4.69) is 0 Å². The van der Waals surface area contributed by atoms with Crippen LogP contribution in [0.5, 0.6) is 0 Å². The van der Waals surface area contributed by atoms with E-state index < -0.39 is 52.8 Å². The zero-order chi connectivity index (χ0) is 25.1. The van der Waals surface area contributed by atoms with E-state index in [0.717, 1.165) is 12.1 Å². The zero-order valence-corrected chi connectivity index (χ0v) is 27.0. The van der Waals surface area contributed by atoms with Crippen LogP contribution in [0, 0.1) is 0 Å². The Morgan fingerprint density at radius 2 is 0.917 bits per heavy atom. The maximum atomic E-state index is 10.6. The molecule has 0 radical (unpaired) electrons. The monoisotopic (exact) mass is 596 g/mol. The van der Waals surface area contributed by atoms with Crippen molar-refractivity contribution in [1.29, 1.82) is 0 Å². The summed E-state index contributed by atoms with van der Waals surface area (Å²) in [5.74, 6) is 0. The molecular formula is C17H19Na3O13S3. The Morgan fingerprint density at radius 1 is 0.694 bits per heavy atom. The van der Waals surface area contributed by atoms with Crippen molar-refractivity contribution < 1.29 is 148 Å². The van der Waals surface area contributed by atoms with Gasteiger partial charge in [-0.25, -0.2) is 16.8 Å². The average molecular weight is 596 g/mol. The third-order valence-electron chi connectivity index (χ3n) is 3.32. The van der Waals surface area contributed by atoms with E-state index in [1.54, 1.807) is 24.3 Å². The van der Waals surface area contributed by atoms with Gasteiger partial charge in [0.1, 0.15) is 20.2 Å². The molecule has 0 spiro atoms. The van der Waals surface area contributed by atoms with Crippen molar-refractivity contribution >= 4 is 43.4 Å². The maximum absolute atomic E-state index is 10.6. The molecular weight excluding hydrogens is 577 g/mol. The largest absolute Gasteiger partial charge is 1.00 e. The van der Waals surface area contributed by atoms with Crippen LogP contribution in [0.25, 0.3) is 0 Å². The van der Waals surface area contributed by atoms with Crippen LogP contribution in [0.2, 0.25) is 0 Å². The third kappa shape index (κ3) is 17.6. The molecule has 186 valence electrons. The summed E-state index contributed by atoms with van der Waals surface area (Å²) in [5.41, 5.74) is -5.55. The predicted molar refractivity (Wildman–Crippen MR) is 111 cm³/mol. The first kappa shape index (κ1) is 46.0. The minimum Gasteiger partial charge on any atom is -1.00 e. The van der Waals surface area contributed by atoms with Crippen molar-refractivity contribution in [2.45, 2.75) is 18.3 Å². The summed E-state index contributed by atoms with van der Waals surface area (Å²) in [6.07, 6.45) is 1.34. The summed E-state index contributed by atoms with van der Waals surface area (Å²) in [5, 5.41) is 18.5. The molecule has 2 unspecified atom stereocenters. The number of aliphatic hydroxyl groups excluding tert-OH is 2. The molecule has 2 atom stereocenters. The number of aldehydes is 2. The molecule has 0 heterocycles. The third-order valence-corrected chi connectivity index (χ3v) is 4.93. The van der Waals surface area contributed by atoms with Gasteiger partial charge in [-0.2, -0.15) is 0 Å². The van der Waals surface area contributed by atoms with Gasteiger partial charge in [-0.1, -0.05) is 56.0 Å². The van der Waals surface area contributed by atoms with Gasteiger partial charge < -0.3 is 20.7 Å². The average Bonchev–Trinajstić information content (AvgIpc) is 2.71. The standard InChI is InChI=1S/C8H10O8S2.C8H6O2.CH4.3Na.O3S.H/c9-7(17(11,12)13)5-3-1-2-4-6(5)8(10)18(14,15)16;9-5-7-3-1-2-4-8(7)6-10;;;;;1-4(2)3;/h1-4,7-10H,(H,11,12,13)(H,14,15,16);1-6H;1H4;;;;;/q;;;3*+1;;-1/p-2. The molecule has 13 nitrogen and oxygen atoms in total. The molecule has 2 N–H and O–H groups in total. The number of rotatable bonds is 6. The van der Waals surface area contributed by atoms with Crippen molar-refractivity contribution in [2.75, 3.05) is 0 Å². The first-order chi connectivity index (χ1) is 14.7. The summed E-state index contributed by atoms with van der Waals surface area (Å²) in [6, 6.07) is 10.9. The fourth-order valence-corrected chi connectivity index (χ4v) is 3.05. The van der Waals surface area contributed by atoms with Crippen LogP contribution < -0.4 is 88.7 Å². The van der Waals surface area contributed by atoms with Crippen LogP contribution in [0.1, 0.15) is 51.6 Å². The van der Waals surface area contributed by atoms with Crippen LogP contribution in [-0.2, 0) is 30.8 Å². The van der Waals surface area contributed by atoms with Crippen LogP contribution in [0.15, 0.2) is 48.5 Å². The first-order valence-corrected chi connectivity index (χ1v) is 11.7. The zero-order valence-electron chi connectivity index (χ0n) is 19.5. The molecule has 0 aliphatic heterocycles. The summed E-state index contributed by atoms with van der Waals surface area (Å²) in [6.45, 7) is 0. The summed E-state index contributed by atoms with van der Waals surface area (Å²) >= 11 is 0. The molecule has 0 bridgehead atoms. The van der Waals surface area contributed by atoms with Crippen LogP contribution in [0.3, 0.4) is 0 Å². The fourth-order valence-electron chi connectivity index (χ4n) is 2.00. The second-order valence-electron chi connectivity index (χ2n) is 5.39. The van der Waals surface area contributed by atoms with Gasteiger partial charge in [0.2, 0.25) is 0 Å². The minimum atomic E-state index is -5.16. The fraction of sp³-hybridized carbons (Fsp3) is 0.176. The van der Waals surface area contributed by atoms with Crippen molar-refractivity contribution in [3.63, 3.8) is 0 Å². The SMILES string of the molecule is C.O=Cc1ccccc1C=O.O=S(=O)([O-])C(O)c1ccccc1C(O)S(=O)(=O)[O-].O=S(=O)=O.[H-].[Na+].[Na+].[Na+]. The molecule has 0 aliphatic rings. The van der Waals surface area contributed by atoms with Gasteiger partial charge in [0.05, 0.1) is 0 Å². The number of carbonyl (C=O) groups is 2. The van der Waals surface area contributed by atoms with Gasteiger partial charge in [-0.15, -0.1) is 12.6 Å². The molecule has 19 heteroatoms. The Balaban J connectivity index is -0.000000109. The molecule has 0 fully saturated rings. The van der Waals surface area contributed by atoms with Gasteiger partial charge in [0.15, 0.2) is 23.4 Å². The molecule has 2 rings (SSSR count). The van der Waals surface area contributed by atoms with Gasteiger partial charge in [0.25, 0.3) is 0 Å². The number of carbonyl (C=O) groups excluding carboxylic acids is 2. The Kier molecular flexibility index (Phi) is 28.1. The van der Waals surface area contributed by atoms with E-state index in [0.29, 0.717) is 23.7 Å². The van der Waals surface area contributed by atoms with Crippen molar-refractivity contribution in [1.82, 2.24) is 0 Å². The van der Waals surface area contributed by atoms with Crippen LogP contribution in [0.4, 0.5) is 0 Å². The van der Waals surface area contributed by atoms with E-state index in [1.807, 2.05) is 0 Å². The number of hydrogen-bond acceptors (Lipinski definition) is 13. The predicted octanol–water partition coefficient (Wildman–Crippen LogP) is -9.17. The normalized spacial score (nSPS) is 11.2. The summed E-state index contributed by atoms with van der Waals surface area (Å²) in [4.78, 5) is 20.5. The van der Waals surface area contributed by atoms with Gasteiger partial charge >= 0.3 is 99.3 Å². The Hall–Kier alpha value is 0.140. The summed E-state index contributed by atoms with van der Waals surface area (Å²) < 4.78 is 89.2. The molecule has 0 aromatic heterocycles. The van der Waals surface area contributed by atoms with Gasteiger partial charge in [-0.05, 0) is 0 Å². The second-order valence-corrected chi connectivity index (χ2v) is 8.66. The minimum absolute atomic E-state index is 0. The second kappa shape index (κ2) is 22.0.